The molecular weight excluding hydrogens is 212 g/mol. The molecule has 0 aliphatic carbocycles. The Bertz CT molecular complexity index is 379. The fraction of sp³-hybridized carbons (Fsp3) is 0.111. The van der Waals surface area contributed by atoms with Crippen molar-refractivity contribution in [3.63, 3.8) is 0 Å². The van der Waals surface area contributed by atoms with E-state index in [1.54, 1.807) is 6.07 Å². The van der Waals surface area contributed by atoms with Crippen LogP contribution in [0, 0.1) is 17.7 Å². The van der Waals surface area contributed by atoms with Crippen molar-refractivity contribution in [2.24, 2.45) is 0 Å². The highest BCUT2D eigenvalue weighted by Gasteiger charge is 2.07. The second-order valence-electron chi connectivity index (χ2n) is 2.27. The van der Waals surface area contributed by atoms with Crippen LogP contribution in [0.15, 0.2) is 12.1 Å². The molecule has 68 valence electrons. The molecule has 1 aromatic carbocycles. The zero-order valence-electron chi connectivity index (χ0n) is 6.57. The molecule has 0 saturated carbocycles. The predicted octanol–water partition coefficient (Wildman–Crippen LogP) is 2.65. The number of nitrogen functional groups attached to an aromatic ring is 1. The van der Waals surface area contributed by atoms with Gasteiger partial charge in [0.15, 0.2) is 5.82 Å². The summed E-state index contributed by atoms with van der Waals surface area (Å²) in [6.45, 7) is 0. The molecule has 0 aromatic heterocycles. The number of rotatable bonds is 0. The van der Waals surface area contributed by atoms with Crippen LogP contribution in [-0.2, 0) is 0 Å². The first-order valence-corrected chi connectivity index (χ1v) is 4.36. The van der Waals surface area contributed by atoms with Crippen LogP contribution in [0.2, 0.25) is 5.02 Å². The quantitative estimate of drug-likeness (QED) is 0.404. The Hall–Kier alpha value is -0.910. The maximum atomic E-state index is 13.1. The number of alkyl halides is 1. The van der Waals surface area contributed by atoms with Crippen molar-refractivity contribution < 1.29 is 4.39 Å². The van der Waals surface area contributed by atoms with Crippen LogP contribution in [-0.4, -0.2) is 5.88 Å². The zero-order valence-corrected chi connectivity index (χ0v) is 8.08. The van der Waals surface area contributed by atoms with E-state index in [0.717, 1.165) is 0 Å². The van der Waals surface area contributed by atoms with Crippen molar-refractivity contribution in [3.8, 4) is 11.8 Å². The normalized spacial score (nSPS) is 9.15. The molecule has 1 aromatic rings. The van der Waals surface area contributed by atoms with Gasteiger partial charge in [0.05, 0.1) is 16.6 Å². The number of nitrogens with two attached hydrogens (primary N) is 1. The molecule has 1 nitrogen and oxygen atoms in total. The van der Waals surface area contributed by atoms with E-state index >= 15 is 0 Å². The van der Waals surface area contributed by atoms with Gasteiger partial charge in [-0.25, -0.2) is 4.39 Å². The summed E-state index contributed by atoms with van der Waals surface area (Å²) >= 11 is 11.0. The lowest BCUT2D eigenvalue weighted by atomic mass is 10.2. The first-order valence-electron chi connectivity index (χ1n) is 3.45. The van der Waals surface area contributed by atoms with Crippen molar-refractivity contribution in [1.82, 2.24) is 0 Å². The molecule has 0 fully saturated rings. The summed E-state index contributed by atoms with van der Waals surface area (Å²) in [6.07, 6.45) is 0. The van der Waals surface area contributed by atoms with Gasteiger partial charge in [0.1, 0.15) is 0 Å². The van der Waals surface area contributed by atoms with Gasteiger partial charge in [-0.05, 0) is 12.1 Å². The van der Waals surface area contributed by atoms with E-state index in [4.69, 9.17) is 28.9 Å². The molecule has 0 amide bonds. The molecule has 0 aliphatic rings. The molecule has 0 radical (unpaired) electrons. The topological polar surface area (TPSA) is 26.0 Å². The van der Waals surface area contributed by atoms with Crippen LogP contribution in [0.3, 0.4) is 0 Å². The summed E-state index contributed by atoms with van der Waals surface area (Å²) in [5, 5.41) is -0.0578. The highest BCUT2D eigenvalue weighted by Crippen LogP contribution is 2.23. The Kier molecular flexibility index (Phi) is 3.41. The number of anilines is 1. The molecule has 0 heterocycles. The fourth-order valence-electron chi connectivity index (χ4n) is 0.790. The van der Waals surface area contributed by atoms with E-state index in [2.05, 4.69) is 11.8 Å². The molecule has 1 rings (SSSR count). The molecule has 0 aliphatic heterocycles. The SMILES string of the molecule is Nc1ccc(C#CCCl)c(Cl)c1F. The Balaban J connectivity index is 3.18. The average Bonchev–Trinajstić information content (AvgIpc) is 2.13. The second kappa shape index (κ2) is 4.36. The van der Waals surface area contributed by atoms with Gasteiger partial charge in [-0.2, -0.15) is 0 Å². The largest absolute Gasteiger partial charge is 0.396 e. The first kappa shape index (κ1) is 10.2. The Morgan fingerprint density at radius 3 is 2.77 bits per heavy atom. The first-order chi connectivity index (χ1) is 6.16. The predicted molar refractivity (Wildman–Crippen MR) is 53.4 cm³/mol. The molecular formula is C9H6Cl2FN. The summed E-state index contributed by atoms with van der Waals surface area (Å²) in [6, 6.07) is 2.97. The van der Waals surface area contributed by atoms with Gasteiger partial charge >= 0.3 is 0 Å². The summed E-state index contributed by atoms with van der Waals surface area (Å²) in [5.41, 5.74) is 5.70. The summed E-state index contributed by atoms with van der Waals surface area (Å²) < 4.78 is 13.1. The summed E-state index contributed by atoms with van der Waals surface area (Å²) in [4.78, 5) is 0. The fourth-order valence-corrected chi connectivity index (χ4v) is 1.08. The highest BCUT2D eigenvalue weighted by atomic mass is 35.5. The third-order valence-electron chi connectivity index (χ3n) is 1.40. The van der Waals surface area contributed by atoms with Crippen LogP contribution in [0.5, 0.6) is 0 Å². The lowest BCUT2D eigenvalue weighted by molar-refractivity contribution is 0.632. The maximum Gasteiger partial charge on any atom is 0.165 e. The van der Waals surface area contributed by atoms with E-state index < -0.39 is 5.82 Å². The number of benzene rings is 1. The maximum absolute atomic E-state index is 13.1. The van der Waals surface area contributed by atoms with Crippen LogP contribution in [0.4, 0.5) is 10.1 Å². The monoisotopic (exact) mass is 217 g/mol. The number of halogens is 3. The Morgan fingerprint density at radius 1 is 1.46 bits per heavy atom. The molecule has 0 spiro atoms. The standard InChI is InChI=1S/C9H6Cl2FN/c10-5-1-2-6-3-4-7(13)9(12)8(6)11/h3-4H,5,13H2. The van der Waals surface area contributed by atoms with Gasteiger partial charge in [-0.15, -0.1) is 11.6 Å². The smallest absolute Gasteiger partial charge is 0.165 e. The van der Waals surface area contributed by atoms with E-state index in [-0.39, 0.29) is 16.6 Å². The Morgan fingerprint density at radius 2 is 2.15 bits per heavy atom. The van der Waals surface area contributed by atoms with Gasteiger partial charge in [0, 0.05) is 5.56 Å². The lowest BCUT2D eigenvalue weighted by Gasteiger charge is -2.00. The number of hydrogen-bond acceptors (Lipinski definition) is 1. The van der Waals surface area contributed by atoms with E-state index in [9.17, 15) is 4.39 Å². The van der Waals surface area contributed by atoms with Crippen LogP contribution in [0.25, 0.3) is 0 Å². The molecule has 0 saturated heterocycles. The van der Waals surface area contributed by atoms with Crippen molar-refractivity contribution in [3.05, 3.63) is 28.5 Å². The van der Waals surface area contributed by atoms with Crippen molar-refractivity contribution >= 4 is 28.9 Å². The lowest BCUT2D eigenvalue weighted by Crippen LogP contribution is -1.92. The van der Waals surface area contributed by atoms with Gasteiger partial charge < -0.3 is 5.73 Å². The average molecular weight is 218 g/mol. The zero-order chi connectivity index (χ0) is 9.84. The van der Waals surface area contributed by atoms with Gasteiger partial charge in [0.25, 0.3) is 0 Å². The third kappa shape index (κ3) is 2.27. The molecule has 4 heteroatoms. The molecule has 0 atom stereocenters. The molecule has 0 bridgehead atoms. The Labute approximate surface area is 85.6 Å². The minimum atomic E-state index is -0.636. The minimum Gasteiger partial charge on any atom is -0.396 e. The van der Waals surface area contributed by atoms with Crippen molar-refractivity contribution in [2.75, 3.05) is 11.6 Å². The van der Waals surface area contributed by atoms with Crippen LogP contribution in [0.1, 0.15) is 5.56 Å². The summed E-state index contributed by atoms with van der Waals surface area (Å²) in [7, 11) is 0. The molecule has 2 N–H and O–H groups in total. The van der Waals surface area contributed by atoms with Gasteiger partial charge in [-0.3, -0.25) is 0 Å². The van der Waals surface area contributed by atoms with E-state index in [1.165, 1.54) is 6.07 Å². The van der Waals surface area contributed by atoms with Crippen LogP contribution < -0.4 is 5.73 Å². The van der Waals surface area contributed by atoms with E-state index in [0.29, 0.717) is 5.56 Å². The van der Waals surface area contributed by atoms with Crippen molar-refractivity contribution in [1.29, 1.82) is 0 Å². The highest BCUT2D eigenvalue weighted by molar-refractivity contribution is 6.32. The van der Waals surface area contributed by atoms with Crippen LogP contribution >= 0.6 is 23.2 Å². The minimum absolute atomic E-state index is 0.0152. The van der Waals surface area contributed by atoms with Gasteiger partial charge in [-0.1, -0.05) is 23.4 Å². The van der Waals surface area contributed by atoms with Crippen molar-refractivity contribution in [2.45, 2.75) is 0 Å². The molecule has 13 heavy (non-hydrogen) atoms. The van der Waals surface area contributed by atoms with Gasteiger partial charge in [0.2, 0.25) is 0 Å². The van der Waals surface area contributed by atoms with E-state index in [1.807, 2.05) is 0 Å². The second-order valence-corrected chi connectivity index (χ2v) is 2.91. The molecule has 0 unspecified atom stereocenters. The third-order valence-corrected chi connectivity index (χ3v) is 1.91. The number of hydrogen-bond donors (Lipinski definition) is 1. The summed E-state index contributed by atoms with van der Waals surface area (Å²) in [5.74, 6) is 4.74.